The fourth-order valence-corrected chi connectivity index (χ4v) is 8.65. The third-order valence-corrected chi connectivity index (χ3v) is 15.7. The van der Waals surface area contributed by atoms with Gasteiger partial charge in [0.25, 0.3) is 0 Å². The van der Waals surface area contributed by atoms with Crippen molar-refractivity contribution in [1.82, 2.24) is 44.4 Å². The lowest BCUT2D eigenvalue weighted by Gasteiger charge is -2.19. The van der Waals surface area contributed by atoms with E-state index >= 15 is 0 Å². The first-order valence-electron chi connectivity index (χ1n) is 25.7. The molecule has 0 radical (unpaired) electrons. The predicted octanol–water partition coefficient (Wildman–Crippen LogP) is 7.99. The number of carboxylic acid groups (broad SMARTS) is 1. The third kappa shape index (κ3) is 19.6. The molecule has 0 saturated heterocycles. The second kappa shape index (κ2) is 30.6. The number of nitrogens with one attached hydrogen (secondary N) is 1. The minimum absolute atomic E-state index is 0.0576. The molecule has 0 aliphatic heterocycles. The van der Waals surface area contributed by atoms with Crippen molar-refractivity contribution in [3.05, 3.63) is 167 Å². The number of anilines is 2. The summed E-state index contributed by atoms with van der Waals surface area (Å²) < 4.78 is 82.1. The van der Waals surface area contributed by atoms with E-state index in [0.29, 0.717) is 60.3 Å². The van der Waals surface area contributed by atoms with Crippen LogP contribution in [-0.2, 0) is 39.5 Å². The Hall–Kier alpha value is -8.44. The number of esters is 2. The summed E-state index contributed by atoms with van der Waals surface area (Å²) in [5.74, 6) is -1.65. The van der Waals surface area contributed by atoms with E-state index in [1.165, 1.54) is 53.6 Å². The number of carbonyl (C=O) groups excluding carboxylic acids is 2. The number of halogens is 1. The molecule has 0 atom stereocenters. The number of aromatic carboxylic acids is 1. The Balaban J connectivity index is 0.000000212. The van der Waals surface area contributed by atoms with E-state index in [9.17, 15) is 39.6 Å². The summed E-state index contributed by atoms with van der Waals surface area (Å²) in [6.45, 7) is 2.29. The minimum atomic E-state index is -3.57. The molecule has 0 aliphatic rings. The van der Waals surface area contributed by atoms with Crippen molar-refractivity contribution in [3.8, 4) is 33.8 Å². The highest BCUT2D eigenvalue weighted by Gasteiger charge is 2.23. The van der Waals surface area contributed by atoms with Crippen LogP contribution < -0.4 is 13.3 Å². The molecule has 0 unspecified atom stereocenters. The first-order valence-corrected chi connectivity index (χ1v) is 32.1. The molecule has 0 fully saturated rings. The van der Waals surface area contributed by atoms with Crippen LogP contribution in [0.1, 0.15) is 31.1 Å². The number of hydrogen-bond donors (Lipinski definition) is 2. The first-order chi connectivity index (χ1) is 40.5. The summed E-state index contributed by atoms with van der Waals surface area (Å²) in [6, 6.07) is 42.4. The van der Waals surface area contributed by atoms with Gasteiger partial charge in [-0.1, -0.05) is 91.0 Å². The van der Waals surface area contributed by atoms with Gasteiger partial charge in [-0.05, 0) is 106 Å². The van der Waals surface area contributed by atoms with Crippen LogP contribution in [0.15, 0.2) is 150 Å². The quantitative estimate of drug-likeness (QED) is 0.0975. The van der Waals surface area contributed by atoms with Crippen LogP contribution in [0, 0.1) is 0 Å². The van der Waals surface area contributed by atoms with Crippen LogP contribution in [0.2, 0.25) is 0 Å². The van der Waals surface area contributed by atoms with Gasteiger partial charge in [-0.2, -0.15) is 0 Å². The van der Waals surface area contributed by atoms with Crippen molar-refractivity contribution < 1.29 is 54.2 Å². The molecule has 6 aromatic carbocycles. The first kappa shape index (κ1) is 68.3. The van der Waals surface area contributed by atoms with E-state index in [1.807, 2.05) is 78.9 Å². The van der Waals surface area contributed by atoms with Crippen molar-refractivity contribution in [2.24, 2.45) is 0 Å². The predicted molar refractivity (Wildman–Crippen MR) is 340 cm³/mol. The van der Waals surface area contributed by atoms with Gasteiger partial charge in [-0.25, -0.2) is 74.3 Å². The van der Waals surface area contributed by atoms with Gasteiger partial charge in [0.1, 0.15) is 21.7 Å². The number of sulfonamides is 3. The summed E-state index contributed by atoms with van der Waals surface area (Å²) >= 11 is 3.44. The van der Waals surface area contributed by atoms with Crippen LogP contribution in [0.25, 0.3) is 66.9 Å². The van der Waals surface area contributed by atoms with Gasteiger partial charge < -0.3 is 24.4 Å². The Bertz CT molecular complexity index is 4190. The molecule has 0 amide bonds. The second-order valence-electron chi connectivity index (χ2n) is 19.2. The molecule has 0 spiro atoms. The molecule has 0 bridgehead atoms. The Labute approximate surface area is 509 Å². The number of methoxy groups -OCH3 is 2. The number of benzene rings is 6. The number of ether oxygens (including phenoxy) is 2. The third-order valence-electron chi connectivity index (χ3n) is 12.1. The Morgan fingerprint density at radius 1 is 0.465 bits per heavy atom. The molecule has 23 nitrogen and oxygen atoms in total. The molecule has 3 aromatic heterocycles. The number of rotatable bonds is 14. The van der Waals surface area contributed by atoms with E-state index in [1.54, 1.807) is 48.5 Å². The van der Waals surface area contributed by atoms with E-state index < -0.39 is 42.0 Å². The van der Waals surface area contributed by atoms with Crippen molar-refractivity contribution in [2.75, 3.05) is 104 Å². The molecule has 0 aliphatic carbocycles. The van der Waals surface area contributed by atoms with Crippen molar-refractivity contribution >= 4 is 109 Å². The zero-order chi connectivity index (χ0) is 63.7. The lowest BCUT2D eigenvalue weighted by molar-refractivity contribution is 0.0592. The number of nitrogens with zero attached hydrogens (tertiary/aromatic N) is 10. The summed E-state index contributed by atoms with van der Waals surface area (Å²) in [7, 11) is 5.14. The van der Waals surface area contributed by atoms with Crippen molar-refractivity contribution in [1.29, 1.82) is 0 Å². The molecule has 0 saturated carbocycles. The SMILES string of the molecule is CN(C)CCN(C)C.CN(c1nc2cc(C(=O)O)ccc2nc1-c1ccccc1)S(C)(=O)=O.CNS(C)(=O)=O.COC(=O)c1ccc2nc(-c3ccccc3)c(Br)nc2c1.COC(=O)c1ccc2nc(-c3ccccc3)c(N(C)S(C)(=O)=O)nc2c1. The maximum absolute atomic E-state index is 12.1. The largest absolute Gasteiger partial charge is 0.478 e. The van der Waals surface area contributed by atoms with Gasteiger partial charge in [-0.3, -0.25) is 8.61 Å². The number of hydrogen-bond acceptors (Lipinski definition) is 19. The van der Waals surface area contributed by atoms with Gasteiger partial charge in [0, 0.05) is 43.9 Å². The Morgan fingerprint density at radius 2 is 0.767 bits per heavy atom. The molecule has 9 aromatic rings. The van der Waals surface area contributed by atoms with E-state index in [0.717, 1.165) is 62.8 Å². The number of likely N-dealkylation sites (N-methyl/N-ethyl adjacent to an activating group) is 2. The number of fused-ring (bicyclic) bond motifs is 3. The van der Waals surface area contributed by atoms with E-state index in [4.69, 9.17) is 14.6 Å². The highest BCUT2D eigenvalue weighted by Crippen LogP contribution is 2.33. The molecule has 3 heterocycles. The van der Waals surface area contributed by atoms with Crippen LogP contribution in [-0.4, -0.2) is 183 Å². The average molecular weight is 1300 g/mol. The molecule has 9 rings (SSSR count). The highest BCUT2D eigenvalue weighted by atomic mass is 79.9. The number of aromatic nitrogens is 6. The van der Waals surface area contributed by atoms with Gasteiger partial charge in [0.15, 0.2) is 11.6 Å². The smallest absolute Gasteiger partial charge is 0.337 e. The molecular formula is C59H66BrN11O12S3. The maximum atomic E-state index is 12.1. The zero-order valence-corrected chi connectivity index (χ0v) is 53.3. The molecular weight excluding hydrogens is 1230 g/mol. The van der Waals surface area contributed by atoms with Crippen LogP contribution in [0.4, 0.5) is 11.6 Å². The molecule has 27 heteroatoms. The zero-order valence-electron chi connectivity index (χ0n) is 49.3. The maximum Gasteiger partial charge on any atom is 0.337 e. The van der Waals surface area contributed by atoms with Gasteiger partial charge in [-0.15, -0.1) is 0 Å². The normalized spacial score (nSPS) is 11.2. The standard InChI is InChI=1S/C18H17N3O4S.C17H15N3O4S.C16H11BrN2O2.C6H16N2.C2H7NO2S/c1-21(26(3,23)24)17-16(12-7-5-4-6-8-12)19-14-10-9-13(18(22)25-2)11-15(14)20-17;1-20(25(2,23)24)16-15(11-6-4-3-5-7-11)18-13-9-8-12(17(21)22)10-14(13)19-16;1-21-16(20)11-7-8-12-13(9-11)19-15(17)14(18-12)10-5-3-2-4-6-10;1-7(2)5-6-8(3)4;1-3-6(2,4)5/h4-11H,1-3H3;3-10H,1-2H3,(H,21,22);2-9H,1H3;5-6H2,1-4H3;3H,1-2H3. The highest BCUT2D eigenvalue weighted by molar-refractivity contribution is 9.10. The lowest BCUT2D eigenvalue weighted by atomic mass is 10.1. The van der Waals surface area contributed by atoms with E-state index in [2.05, 4.69) is 88.5 Å². The topological polar surface area (TPSA) is 295 Å². The number of carbonyl (C=O) groups is 3. The monoisotopic (exact) mass is 1300 g/mol. The van der Waals surface area contributed by atoms with Crippen LogP contribution >= 0.6 is 15.9 Å². The van der Waals surface area contributed by atoms with E-state index in [-0.39, 0.29) is 23.2 Å². The van der Waals surface area contributed by atoms with Crippen molar-refractivity contribution in [3.63, 3.8) is 0 Å². The fourth-order valence-electron chi connectivity index (χ4n) is 7.26. The van der Waals surface area contributed by atoms with Crippen LogP contribution in [0.5, 0.6) is 0 Å². The summed E-state index contributed by atoms with van der Waals surface area (Å²) in [5, 5.41) is 9.13. The molecule has 454 valence electrons. The minimum Gasteiger partial charge on any atom is -0.478 e. The van der Waals surface area contributed by atoms with Crippen LogP contribution in [0.3, 0.4) is 0 Å². The Morgan fingerprint density at radius 3 is 1.07 bits per heavy atom. The van der Waals surface area contributed by atoms with Gasteiger partial charge in [0.05, 0.1) is 82.8 Å². The van der Waals surface area contributed by atoms with Crippen molar-refractivity contribution in [2.45, 2.75) is 0 Å². The molecule has 86 heavy (non-hydrogen) atoms. The van der Waals surface area contributed by atoms with Gasteiger partial charge >= 0.3 is 17.9 Å². The lowest BCUT2D eigenvalue weighted by Crippen LogP contribution is -2.26. The summed E-state index contributed by atoms with van der Waals surface area (Å²) in [5.41, 5.74) is 7.99. The number of carboxylic acids is 1. The Kier molecular flexibility index (Phi) is 24.3. The summed E-state index contributed by atoms with van der Waals surface area (Å²) in [4.78, 5) is 65.9. The summed E-state index contributed by atoms with van der Waals surface area (Å²) in [6.07, 6.45) is 3.27. The van der Waals surface area contributed by atoms with Gasteiger partial charge in [0.2, 0.25) is 30.1 Å². The average Bonchev–Trinajstić information content (AvgIpc) is 0.987. The second-order valence-corrected chi connectivity index (χ2v) is 25.9. The fraction of sp³-hybridized carbons (Fsp3) is 0.237. The molecule has 2 N–H and O–H groups in total.